The fourth-order valence-electron chi connectivity index (χ4n) is 1.44. The molecule has 0 heterocycles. The zero-order chi connectivity index (χ0) is 11.3. The van der Waals surface area contributed by atoms with Crippen molar-refractivity contribution in [1.82, 2.24) is 0 Å². The van der Waals surface area contributed by atoms with E-state index in [0.29, 0.717) is 6.42 Å². The van der Waals surface area contributed by atoms with Crippen molar-refractivity contribution in [3.8, 4) is 5.75 Å². The van der Waals surface area contributed by atoms with E-state index in [1.807, 2.05) is 45.0 Å². The first-order valence-corrected chi connectivity index (χ1v) is 5.56. The zero-order valence-corrected chi connectivity index (χ0v) is 9.73. The molecule has 0 saturated carbocycles. The van der Waals surface area contributed by atoms with Crippen LogP contribution in [-0.2, 0) is 6.42 Å². The fourth-order valence-corrected chi connectivity index (χ4v) is 1.44. The first-order chi connectivity index (χ1) is 7.13. The van der Waals surface area contributed by atoms with E-state index in [0.717, 1.165) is 17.7 Å². The van der Waals surface area contributed by atoms with Gasteiger partial charge in [-0.05, 0) is 31.9 Å². The minimum atomic E-state index is -0.276. The molecule has 0 amide bonds. The molecule has 0 aliphatic rings. The molecule has 2 nitrogen and oxygen atoms in total. The SMILES string of the molecule is CC[C@@H](O)Cc1ccccc1OC(C)C. The molecule has 84 valence electrons. The first kappa shape index (κ1) is 12.1. The van der Waals surface area contributed by atoms with Crippen molar-refractivity contribution in [2.45, 2.75) is 45.8 Å². The number of aliphatic hydroxyl groups excluding tert-OH is 1. The van der Waals surface area contributed by atoms with Gasteiger partial charge < -0.3 is 9.84 Å². The normalized spacial score (nSPS) is 12.9. The smallest absolute Gasteiger partial charge is 0.122 e. The lowest BCUT2D eigenvalue weighted by atomic mass is 10.1. The second-order valence-corrected chi connectivity index (χ2v) is 4.04. The molecule has 0 bridgehead atoms. The molecule has 1 aromatic carbocycles. The van der Waals surface area contributed by atoms with Crippen LogP contribution in [0.15, 0.2) is 24.3 Å². The number of benzene rings is 1. The van der Waals surface area contributed by atoms with E-state index in [-0.39, 0.29) is 12.2 Å². The average molecular weight is 208 g/mol. The Morgan fingerprint density at radius 1 is 1.27 bits per heavy atom. The second kappa shape index (κ2) is 5.76. The monoisotopic (exact) mass is 208 g/mol. The number of aliphatic hydroxyl groups is 1. The van der Waals surface area contributed by atoms with Crippen LogP contribution < -0.4 is 4.74 Å². The molecule has 1 N–H and O–H groups in total. The van der Waals surface area contributed by atoms with Gasteiger partial charge in [0.15, 0.2) is 0 Å². The standard InChI is InChI=1S/C13H20O2/c1-4-12(14)9-11-7-5-6-8-13(11)15-10(2)3/h5-8,10,12,14H,4,9H2,1-3H3/t12-/m1/s1. The molecule has 0 aliphatic carbocycles. The van der Waals surface area contributed by atoms with Gasteiger partial charge in [-0.1, -0.05) is 25.1 Å². The van der Waals surface area contributed by atoms with Gasteiger partial charge in [-0.15, -0.1) is 0 Å². The van der Waals surface area contributed by atoms with Gasteiger partial charge in [0, 0.05) is 6.42 Å². The average Bonchev–Trinajstić information content (AvgIpc) is 2.20. The minimum Gasteiger partial charge on any atom is -0.491 e. The summed E-state index contributed by atoms with van der Waals surface area (Å²) in [5.41, 5.74) is 1.08. The Bertz CT molecular complexity index is 294. The summed E-state index contributed by atoms with van der Waals surface area (Å²) in [5.74, 6) is 0.889. The van der Waals surface area contributed by atoms with Gasteiger partial charge >= 0.3 is 0 Å². The van der Waals surface area contributed by atoms with Crippen LogP contribution in [0.1, 0.15) is 32.8 Å². The molecular weight excluding hydrogens is 188 g/mol. The number of rotatable bonds is 5. The lowest BCUT2D eigenvalue weighted by Crippen LogP contribution is -2.12. The molecule has 0 radical (unpaired) electrons. The summed E-state index contributed by atoms with van der Waals surface area (Å²) in [6.45, 7) is 6.00. The Balaban J connectivity index is 2.76. The van der Waals surface area contributed by atoms with Crippen LogP contribution in [0.2, 0.25) is 0 Å². The summed E-state index contributed by atoms with van der Waals surface area (Å²) in [5, 5.41) is 9.61. The van der Waals surface area contributed by atoms with Gasteiger partial charge in [0.05, 0.1) is 12.2 Å². The van der Waals surface area contributed by atoms with Gasteiger partial charge in [0.2, 0.25) is 0 Å². The summed E-state index contributed by atoms with van der Waals surface area (Å²) in [6.07, 6.45) is 1.34. The Morgan fingerprint density at radius 2 is 1.93 bits per heavy atom. The summed E-state index contributed by atoms with van der Waals surface area (Å²) >= 11 is 0. The number of hydrogen-bond donors (Lipinski definition) is 1. The summed E-state index contributed by atoms with van der Waals surface area (Å²) < 4.78 is 5.68. The number of para-hydroxylation sites is 1. The molecule has 0 saturated heterocycles. The highest BCUT2D eigenvalue weighted by Gasteiger charge is 2.08. The third-order valence-electron chi connectivity index (χ3n) is 2.26. The van der Waals surface area contributed by atoms with Gasteiger partial charge in [-0.3, -0.25) is 0 Å². The maximum atomic E-state index is 9.61. The third kappa shape index (κ3) is 3.92. The zero-order valence-electron chi connectivity index (χ0n) is 9.73. The second-order valence-electron chi connectivity index (χ2n) is 4.04. The lowest BCUT2D eigenvalue weighted by Gasteiger charge is -2.15. The maximum Gasteiger partial charge on any atom is 0.122 e. The molecule has 1 rings (SSSR count). The Labute approximate surface area is 91.9 Å². The molecule has 1 atom stereocenters. The summed E-state index contributed by atoms with van der Waals surface area (Å²) in [7, 11) is 0. The highest BCUT2D eigenvalue weighted by atomic mass is 16.5. The van der Waals surface area contributed by atoms with Gasteiger partial charge in [0.1, 0.15) is 5.75 Å². The highest BCUT2D eigenvalue weighted by molar-refractivity contribution is 5.33. The first-order valence-electron chi connectivity index (χ1n) is 5.56. The fraction of sp³-hybridized carbons (Fsp3) is 0.538. The van der Waals surface area contributed by atoms with Crippen molar-refractivity contribution < 1.29 is 9.84 Å². The van der Waals surface area contributed by atoms with Crippen LogP contribution in [-0.4, -0.2) is 17.3 Å². The molecule has 0 aromatic heterocycles. The van der Waals surface area contributed by atoms with Crippen molar-refractivity contribution in [3.05, 3.63) is 29.8 Å². The van der Waals surface area contributed by atoms with Crippen LogP contribution in [0.25, 0.3) is 0 Å². The van der Waals surface area contributed by atoms with Gasteiger partial charge in [-0.2, -0.15) is 0 Å². The van der Waals surface area contributed by atoms with E-state index < -0.39 is 0 Å². The molecule has 0 aliphatic heterocycles. The van der Waals surface area contributed by atoms with Gasteiger partial charge in [0.25, 0.3) is 0 Å². The largest absolute Gasteiger partial charge is 0.491 e. The number of ether oxygens (including phenoxy) is 1. The van der Waals surface area contributed by atoms with Gasteiger partial charge in [-0.25, -0.2) is 0 Å². The van der Waals surface area contributed by atoms with Crippen LogP contribution in [0.5, 0.6) is 5.75 Å². The molecule has 0 unspecified atom stereocenters. The van der Waals surface area contributed by atoms with Crippen molar-refractivity contribution >= 4 is 0 Å². The van der Waals surface area contributed by atoms with Crippen molar-refractivity contribution in [2.24, 2.45) is 0 Å². The Morgan fingerprint density at radius 3 is 2.53 bits per heavy atom. The molecule has 2 heteroatoms. The topological polar surface area (TPSA) is 29.5 Å². The van der Waals surface area contributed by atoms with E-state index >= 15 is 0 Å². The van der Waals surface area contributed by atoms with Crippen LogP contribution >= 0.6 is 0 Å². The minimum absolute atomic E-state index is 0.171. The van der Waals surface area contributed by atoms with E-state index in [1.165, 1.54) is 0 Å². The van der Waals surface area contributed by atoms with Crippen molar-refractivity contribution in [2.75, 3.05) is 0 Å². The molecular formula is C13H20O2. The summed E-state index contributed by atoms with van der Waals surface area (Å²) in [6, 6.07) is 7.90. The van der Waals surface area contributed by atoms with E-state index in [2.05, 4.69) is 0 Å². The molecule has 1 aromatic rings. The van der Waals surface area contributed by atoms with Crippen molar-refractivity contribution in [3.63, 3.8) is 0 Å². The molecule has 0 spiro atoms. The predicted octanol–water partition coefficient (Wildman–Crippen LogP) is 2.79. The predicted molar refractivity (Wildman–Crippen MR) is 62.2 cm³/mol. The van der Waals surface area contributed by atoms with Crippen LogP contribution in [0.3, 0.4) is 0 Å². The highest BCUT2D eigenvalue weighted by Crippen LogP contribution is 2.21. The quantitative estimate of drug-likeness (QED) is 0.806. The summed E-state index contributed by atoms with van der Waals surface area (Å²) in [4.78, 5) is 0. The third-order valence-corrected chi connectivity index (χ3v) is 2.26. The van der Waals surface area contributed by atoms with E-state index in [9.17, 15) is 5.11 Å². The van der Waals surface area contributed by atoms with Crippen molar-refractivity contribution in [1.29, 1.82) is 0 Å². The Hall–Kier alpha value is -1.02. The molecule has 15 heavy (non-hydrogen) atoms. The maximum absolute atomic E-state index is 9.61. The van der Waals surface area contributed by atoms with Crippen LogP contribution in [0, 0.1) is 0 Å². The Kier molecular flexibility index (Phi) is 4.63. The van der Waals surface area contributed by atoms with E-state index in [4.69, 9.17) is 4.74 Å². The molecule has 0 fully saturated rings. The van der Waals surface area contributed by atoms with E-state index in [1.54, 1.807) is 0 Å². The van der Waals surface area contributed by atoms with Crippen LogP contribution in [0.4, 0.5) is 0 Å². The lowest BCUT2D eigenvalue weighted by molar-refractivity contribution is 0.167. The number of hydrogen-bond acceptors (Lipinski definition) is 2.